The number of hydrogen-bond acceptors (Lipinski definition) is 4. The molecule has 6 heteroatoms. The minimum absolute atomic E-state index is 0.0215. The van der Waals surface area contributed by atoms with Crippen molar-refractivity contribution >= 4 is 11.8 Å². The summed E-state index contributed by atoms with van der Waals surface area (Å²) >= 11 is 0. The molecule has 0 spiro atoms. The molecule has 23 heavy (non-hydrogen) atoms. The van der Waals surface area contributed by atoms with E-state index in [1.165, 1.54) is 0 Å². The van der Waals surface area contributed by atoms with Crippen LogP contribution in [0.4, 0.5) is 0 Å². The molecule has 0 bridgehead atoms. The van der Waals surface area contributed by atoms with Crippen LogP contribution in [-0.2, 0) is 9.59 Å². The van der Waals surface area contributed by atoms with Gasteiger partial charge in [-0.2, -0.15) is 0 Å². The van der Waals surface area contributed by atoms with Gasteiger partial charge in [-0.3, -0.25) is 14.5 Å². The van der Waals surface area contributed by atoms with Gasteiger partial charge in [-0.05, 0) is 31.0 Å². The second kappa shape index (κ2) is 7.00. The summed E-state index contributed by atoms with van der Waals surface area (Å²) in [6, 6.07) is 7.58. The van der Waals surface area contributed by atoms with Crippen LogP contribution in [0.3, 0.4) is 0 Å². The first-order valence-corrected chi connectivity index (χ1v) is 8.12. The summed E-state index contributed by atoms with van der Waals surface area (Å²) < 4.78 is 5.60. The molecule has 1 N–H and O–H groups in total. The number of amides is 2. The highest BCUT2D eigenvalue weighted by molar-refractivity contribution is 5.83. The molecule has 2 saturated heterocycles. The van der Waals surface area contributed by atoms with E-state index in [4.69, 9.17) is 4.74 Å². The molecule has 1 aromatic carbocycles. The summed E-state index contributed by atoms with van der Waals surface area (Å²) in [7, 11) is 0. The Morgan fingerprint density at radius 2 is 2.17 bits per heavy atom. The zero-order chi connectivity index (χ0) is 16.2. The second-order valence-corrected chi connectivity index (χ2v) is 6.12. The molecule has 2 heterocycles. The summed E-state index contributed by atoms with van der Waals surface area (Å²) in [5, 5.41) is 2.90. The molecule has 1 unspecified atom stereocenters. The van der Waals surface area contributed by atoms with Crippen LogP contribution in [0.5, 0.6) is 5.75 Å². The molecule has 3 rings (SSSR count). The Hall–Kier alpha value is -2.08. The molecule has 0 aliphatic carbocycles. The quantitative estimate of drug-likeness (QED) is 0.877. The van der Waals surface area contributed by atoms with Gasteiger partial charge >= 0.3 is 0 Å². The molecule has 124 valence electrons. The smallest absolute Gasteiger partial charge is 0.260 e. The lowest BCUT2D eigenvalue weighted by molar-refractivity contribution is -0.133. The predicted octanol–water partition coefficient (Wildman–Crippen LogP) is 0.407. The SMILES string of the molecule is Cc1cccc(OCC(=O)N2CCC3C(=O)NCCN3CC2)c1. The Balaban J connectivity index is 1.54. The van der Waals surface area contributed by atoms with Gasteiger partial charge in [-0.1, -0.05) is 12.1 Å². The van der Waals surface area contributed by atoms with E-state index in [9.17, 15) is 9.59 Å². The molecule has 0 saturated carbocycles. The summed E-state index contributed by atoms with van der Waals surface area (Å²) in [6.45, 7) is 5.58. The van der Waals surface area contributed by atoms with E-state index in [1.54, 1.807) is 4.90 Å². The maximum Gasteiger partial charge on any atom is 0.260 e. The summed E-state index contributed by atoms with van der Waals surface area (Å²) in [5.74, 6) is 0.776. The number of aryl methyl sites for hydroxylation is 1. The fraction of sp³-hybridized carbons (Fsp3) is 0.529. The fourth-order valence-corrected chi connectivity index (χ4v) is 3.17. The van der Waals surface area contributed by atoms with Crippen LogP contribution >= 0.6 is 0 Å². The average molecular weight is 317 g/mol. The van der Waals surface area contributed by atoms with Gasteiger partial charge in [0.1, 0.15) is 5.75 Å². The second-order valence-electron chi connectivity index (χ2n) is 6.12. The van der Waals surface area contributed by atoms with Gasteiger partial charge in [-0.25, -0.2) is 0 Å². The zero-order valence-electron chi connectivity index (χ0n) is 13.5. The first kappa shape index (κ1) is 15.8. The monoisotopic (exact) mass is 317 g/mol. The van der Waals surface area contributed by atoms with E-state index in [0.717, 1.165) is 18.7 Å². The number of rotatable bonds is 3. The lowest BCUT2D eigenvalue weighted by Gasteiger charge is -2.32. The lowest BCUT2D eigenvalue weighted by atomic mass is 10.1. The minimum atomic E-state index is -0.0979. The topological polar surface area (TPSA) is 61.9 Å². The van der Waals surface area contributed by atoms with Crippen molar-refractivity contribution in [2.45, 2.75) is 19.4 Å². The van der Waals surface area contributed by atoms with Gasteiger partial charge in [0.2, 0.25) is 5.91 Å². The summed E-state index contributed by atoms with van der Waals surface area (Å²) in [4.78, 5) is 28.3. The molecular formula is C17H23N3O3. The molecule has 2 fully saturated rings. The molecule has 0 radical (unpaired) electrons. The molecule has 2 aliphatic rings. The van der Waals surface area contributed by atoms with Crippen molar-refractivity contribution in [3.05, 3.63) is 29.8 Å². The minimum Gasteiger partial charge on any atom is -0.484 e. The number of nitrogens with one attached hydrogen (secondary N) is 1. The molecule has 2 amide bonds. The number of nitrogens with zero attached hydrogens (tertiary/aromatic N) is 2. The largest absolute Gasteiger partial charge is 0.484 e. The maximum absolute atomic E-state index is 12.4. The average Bonchev–Trinajstić information content (AvgIpc) is 2.76. The van der Waals surface area contributed by atoms with E-state index >= 15 is 0 Å². The number of piperazine rings is 1. The Labute approximate surface area is 136 Å². The molecule has 1 atom stereocenters. The Kier molecular flexibility index (Phi) is 4.81. The van der Waals surface area contributed by atoms with Crippen molar-refractivity contribution in [2.24, 2.45) is 0 Å². The van der Waals surface area contributed by atoms with Crippen molar-refractivity contribution in [1.82, 2.24) is 15.1 Å². The molecule has 0 aromatic heterocycles. The molecular weight excluding hydrogens is 294 g/mol. The first-order chi connectivity index (χ1) is 11.1. The number of benzene rings is 1. The molecule has 2 aliphatic heterocycles. The van der Waals surface area contributed by atoms with Crippen LogP contribution in [-0.4, -0.2) is 67.0 Å². The van der Waals surface area contributed by atoms with E-state index in [0.29, 0.717) is 31.8 Å². The van der Waals surface area contributed by atoms with Crippen molar-refractivity contribution in [3.63, 3.8) is 0 Å². The fourth-order valence-electron chi connectivity index (χ4n) is 3.17. The number of ether oxygens (including phenoxy) is 1. The third-order valence-corrected chi connectivity index (χ3v) is 4.48. The summed E-state index contributed by atoms with van der Waals surface area (Å²) in [6.07, 6.45) is 0.683. The predicted molar refractivity (Wildman–Crippen MR) is 86.2 cm³/mol. The standard InChI is InChI=1S/C17H23N3O3/c1-13-3-2-4-14(11-13)23-12-16(21)20-7-5-15-17(22)18-6-8-19(15)9-10-20/h2-4,11,15H,5-10,12H2,1H3,(H,18,22). The van der Waals surface area contributed by atoms with Gasteiger partial charge < -0.3 is 15.0 Å². The first-order valence-electron chi connectivity index (χ1n) is 8.12. The van der Waals surface area contributed by atoms with Crippen LogP contribution < -0.4 is 10.1 Å². The third kappa shape index (κ3) is 3.82. The summed E-state index contributed by atoms with van der Waals surface area (Å²) in [5.41, 5.74) is 1.10. The normalized spacial score (nSPS) is 22.0. The van der Waals surface area contributed by atoms with Crippen molar-refractivity contribution in [1.29, 1.82) is 0 Å². The van der Waals surface area contributed by atoms with E-state index < -0.39 is 0 Å². The van der Waals surface area contributed by atoms with Crippen molar-refractivity contribution < 1.29 is 14.3 Å². The maximum atomic E-state index is 12.4. The third-order valence-electron chi connectivity index (χ3n) is 4.48. The van der Waals surface area contributed by atoms with Crippen molar-refractivity contribution in [3.8, 4) is 5.75 Å². The highest BCUT2D eigenvalue weighted by Gasteiger charge is 2.33. The van der Waals surface area contributed by atoms with Crippen LogP contribution in [0.25, 0.3) is 0 Å². The highest BCUT2D eigenvalue weighted by Crippen LogP contribution is 2.15. The van der Waals surface area contributed by atoms with Crippen LogP contribution in [0.1, 0.15) is 12.0 Å². The van der Waals surface area contributed by atoms with Crippen LogP contribution in [0, 0.1) is 6.92 Å². The van der Waals surface area contributed by atoms with Gasteiger partial charge in [-0.15, -0.1) is 0 Å². The zero-order valence-corrected chi connectivity index (χ0v) is 13.5. The molecule has 6 nitrogen and oxygen atoms in total. The van der Waals surface area contributed by atoms with Crippen LogP contribution in [0.2, 0.25) is 0 Å². The number of carbonyl (C=O) groups excluding carboxylic acids is 2. The number of fused-ring (bicyclic) bond motifs is 1. The Bertz CT molecular complexity index is 590. The van der Waals surface area contributed by atoms with Gasteiger partial charge in [0.25, 0.3) is 5.91 Å². The van der Waals surface area contributed by atoms with E-state index in [1.807, 2.05) is 31.2 Å². The Morgan fingerprint density at radius 3 is 3.00 bits per heavy atom. The van der Waals surface area contributed by atoms with Gasteiger partial charge in [0, 0.05) is 32.7 Å². The number of carbonyl (C=O) groups is 2. The van der Waals surface area contributed by atoms with E-state index in [2.05, 4.69) is 10.2 Å². The van der Waals surface area contributed by atoms with E-state index in [-0.39, 0.29) is 24.5 Å². The highest BCUT2D eigenvalue weighted by atomic mass is 16.5. The van der Waals surface area contributed by atoms with Crippen LogP contribution in [0.15, 0.2) is 24.3 Å². The Morgan fingerprint density at radius 1 is 1.30 bits per heavy atom. The molecule has 1 aromatic rings. The van der Waals surface area contributed by atoms with Gasteiger partial charge in [0.15, 0.2) is 6.61 Å². The van der Waals surface area contributed by atoms with Crippen molar-refractivity contribution in [2.75, 3.05) is 39.3 Å². The number of hydrogen-bond donors (Lipinski definition) is 1. The van der Waals surface area contributed by atoms with Gasteiger partial charge in [0.05, 0.1) is 6.04 Å². The lowest BCUT2D eigenvalue weighted by Crippen LogP contribution is -2.55.